The number of nitrogens with zero attached hydrogens (tertiary/aromatic N) is 1. The molecule has 0 bridgehead atoms. The molecule has 1 aliphatic rings. The molecule has 1 saturated heterocycles. The van der Waals surface area contributed by atoms with Gasteiger partial charge in [0.1, 0.15) is 5.60 Å². The van der Waals surface area contributed by atoms with Crippen LogP contribution in [0.1, 0.15) is 6.92 Å². The summed E-state index contributed by atoms with van der Waals surface area (Å²) in [6, 6.07) is 4.52. The SMILES string of the molecule is C[C@@]1(COS(=O)(=O)c2ccc([N+](=O)[O-])cc2)CO1. The highest BCUT2D eigenvalue weighted by atomic mass is 32.2. The molecule has 2 rings (SSSR count). The first kappa shape index (κ1) is 12.9. The van der Waals surface area contributed by atoms with Gasteiger partial charge in [0, 0.05) is 12.1 Å². The van der Waals surface area contributed by atoms with Crippen LogP contribution in [0.4, 0.5) is 5.69 Å². The normalized spacial score (nSPS) is 22.7. The van der Waals surface area contributed by atoms with Gasteiger partial charge in [0.25, 0.3) is 15.8 Å². The van der Waals surface area contributed by atoms with Gasteiger partial charge >= 0.3 is 0 Å². The summed E-state index contributed by atoms with van der Waals surface area (Å²) >= 11 is 0. The number of nitro benzene ring substituents is 1. The van der Waals surface area contributed by atoms with Gasteiger partial charge in [-0.05, 0) is 19.1 Å². The van der Waals surface area contributed by atoms with E-state index in [1.807, 2.05) is 0 Å². The van der Waals surface area contributed by atoms with Crippen LogP contribution in [0.5, 0.6) is 0 Å². The number of non-ortho nitro benzene ring substituents is 1. The summed E-state index contributed by atoms with van der Waals surface area (Å²) in [5.74, 6) is 0. The fraction of sp³-hybridized carbons (Fsp3) is 0.400. The van der Waals surface area contributed by atoms with E-state index in [2.05, 4.69) is 0 Å². The highest BCUT2D eigenvalue weighted by molar-refractivity contribution is 7.86. The van der Waals surface area contributed by atoms with E-state index in [-0.39, 0.29) is 17.2 Å². The first-order valence-corrected chi connectivity index (χ1v) is 6.51. The Labute approximate surface area is 104 Å². The number of ether oxygens (including phenoxy) is 1. The van der Waals surface area contributed by atoms with Crippen LogP contribution in [0, 0.1) is 10.1 Å². The average molecular weight is 273 g/mol. The van der Waals surface area contributed by atoms with Crippen LogP contribution in [-0.2, 0) is 19.0 Å². The Morgan fingerprint density at radius 2 is 2.00 bits per heavy atom. The minimum Gasteiger partial charge on any atom is -0.367 e. The molecule has 0 N–H and O–H groups in total. The highest BCUT2D eigenvalue weighted by Crippen LogP contribution is 2.27. The Bertz CT molecular complexity index is 561. The summed E-state index contributed by atoms with van der Waals surface area (Å²) in [6.07, 6.45) is 0. The average Bonchev–Trinajstić information content (AvgIpc) is 3.06. The predicted molar refractivity (Wildman–Crippen MR) is 60.6 cm³/mol. The lowest BCUT2D eigenvalue weighted by Gasteiger charge is -2.07. The molecule has 0 radical (unpaired) electrons. The van der Waals surface area contributed by atoms with Crippen molar-refractivity contribution >= 4 is 15.8 Å². The second-order valence-corrected chi connectivity index (χ2v) is 5.82. The maximum Gasteiger partial charge on any atom is 0.297 e. The van der Waals surface area contributed by atoms with E-state index >= 15 is 0 Å². The fourth-order valence-electron chi connectivity index (χ4n) is 1.21. The van der Waals surface area contributed by atoms with Crippen molar-refractivity contribution in [2.24, 2.45) is 0 Å². The number of hydrogen-bond donors (Lipinski definition) is 0. The molecule has 0 amide bonds. The number of epoxide rings is 1. The van der Waals surface area contributed by atoms with E-state index in [9.17, 15) is 18.5 Å². The summed E-state index contributed by atoms with van der Waals surface area (Å²) in [5, 5.41) is 10.4. The van der Waals surface area contributed by atoms with Gasteiger partial charge in [0.05, 0.1) is 23.0 Å². The summed E-state index contributed by atoms with van der Waals surface area (Å²) < 4.78 is 33.3. The van der Waals surface area contributed by atoms with Gasteiger partial charge in [0.2, 0.25) is 0 Å². The molecule has 1 fully saturated rings. The largest absolute Gasteiger partial charge is 0.367 e. The van der Waals surface area contributed by atoms with Gasteiger partial charge in [-0.3, -0.25) is 14.3 Å². The van der Waals surface area contributed by atoms with Crippen molar-refractivity contribution in [2.45, 2.75) is 17.4 Å². The van der Waals surface area contributed by atoms with Gasteiger partial charge in [-0.15, -0.1) is 0 Å². The maximum atomic E-state index is 11.7. The van der Waals surface area contributed by atoms with E-state index in [1.54, 1.807) is 6.92 Å². The topological polar surface area (TPSA) is 99.0 Å². The molecule has 1 aromatic rings. The molecule has 1 aromatic carbocycles. The molecule has 0 aliphatic carbocycles. The second-order valence-electron chi connectivity index (χ2n) is 4.21. The van der Waals surface area contributed by atoms with E-state index in [0.717, 1.165) is 24.3 Å². The van der Waals surface area contributed by atoms with Crippen LogP contribution in [0.25, 0.3) is 0 Å². The molecule has 7 nitrogen and oxygen atoms in total. The summed E-state index contributed by atoms with van der Waals surface area (Å²) in [4.78, 5) is 9.72. The zero-order chi connectivity index (χ0) is 13.4. The van der Waals surface area contributed by atoms with Crippen LogP contribution < -0.4 is 0 Å². The minimum absolute atomic E-state index is 0.0632. The lowest BCUT2D eigenvalue weighted by atomic mass is 10.2. The van der Waals surface area contributed by atoms with Crippen molar-refractivity contribution in [3.05, 3.63) is 34.4 Å². The third kappa shape index (κ3) is 2.84. The van der Waals surface area contributed by atoms with Gasteiger partial charge in [0.15, 0.2) is 0 Å². The first-order chi connectivity index (χ1) is 8.32. The Hall–Kier alpha value is -1.51. The van der Waals surface area contributed by atoms with E-state index in [4.69, 9.17) is 8.92 Å². The van der Waals surface area contributed by atoms with E-state index in [0.29, 0.717) is 6.61 Å². The standard InChI is InChI=1S/C10H11NO6S/c1-10(6-16-10)7-17-18(14,15)9-4-2-8(3-5-9)11(12)13/h2-5H,6-7H2,1H3/t10-/m0/s1. The van der Waals surface area contributed by atoms with Crippen molar-refractivity contribution < 1.29 is 22.3 Å². The second kappa shape index (κ2) is 4.30. The van der Waals surface area contributed by atoms with E-state index < -0.39 is 20.6 Å². The number of nitro groups is 1. The van der Waals surface area contributed by atoms with Crippen molar-refractivity contribution in [1.82, 2.24) is 0 Å². The summed E-state index contributed by atoms with van der Waals surface area (Å²) in [6.45, 7) is 2.13. The van der Waals surface area contributed by atoms with Crippen LogP contribution in [0.2, 0.25) is 0 Å². The Balaban J connectivity index is 2.11. The quantitative estimate of drug-likeness (QED) is 0.344. The molecule has 0 unspecified atom stereocenters. The van der Waals surface area contributed by atoms with Crippen molar-refractivity contribution in [1.29, 1.82) is 0 Å². The molecule has 0 aromatic heterocycles. The van der Waals surface area contributed by atoms with Gasteiger partial charge in [-0.2, -0.15) is 8.42 Å². The smallest absolute Gasteiger partial charge is 0.297 e. The molecule has 98 valence electrons. The van der Waals surface area contributed by atoms with Crippen LogP contribution in [0.3, 0.4) is 0 Å². The molecule has 8 heteroatoms. The van der Waals surface area contributed by atoms with Gasteiger partial charge in [-0.1, -0.05) is 0 Å². The Morgan fingerprint density at radius 3 is 2.44 bits per heavy atom. The molecule has 1 aliphatic heterocycles. The third-order valence-corrected chi connectivity index (χ3v) is 3.77. The lowest BCUT2D eigenvalue weighted by Crippen LogP contribution is -2.18. The van der Waals surface area contributed by atoms with Crippen LogP contribution in [-0.4, -0.2) is 32.2 Å². The Kier molecular flexibility index (Phi) is 3.09. The van der Waals surface area contributed by atoms with Gasteiger partial charge < -0.3 is 4.74 Å². The first-order valence-electron chi connectivity index (χ1n) is 5.10. The number of benzene rings is 1. The van der Waals surface area contributed by atoms with Crippen molar-refractivity contribution in [3.8, 4) is 0 Å². The van der Waals surface area contributed by atoms with Gasteiger partial charge in [-0.25, -0.2) is 0 Å². The van der Waals surface area contributed by atoms with Crippen molar-refractivity contribution in [3.63, 3.8) is 0 Å². The number of rotatable bonds is 5. The molecular weight excluding hydrogens is 262 g/mol. The van der Waals surface area contributed by atoms with Crippen LogP contribution in [0.15, 0.2) is 29.2 Å². The fourth-order valence-corrected chi connectivity index (χ4v) is 2.22. The molecular formula is C10H11NO6S. The summed E-state index contributed by atoms with van der Waals surface area (Å²) in [5.41, 5.74) is -0.708. The maximum absolute atomic E-state index is 11.7. The zero-order valence-corrected chi connectivity index (χ0v) is 10.3. The molecule has 0 spiro atoms. The zero-order valence-electron chi connectivity index (χ0n) is 9.53. The third-order valence-electron chi connectivity index (χ3n) is 2.49. The van der Waals surface area contributed by atoms with Crippen molar-refractivity contribution in [2.75, 3.05) is 13.2 Å². The highest BCUT2D eigenvalue weighted by Gasteiger charge is 2.41. The molecule has 1 atom stereocenters. The predicted octanol–water partition coefficient (Wildman–Crippen LogP) is 1.09. The molecule has 0 saturated carbocycles. The molecule has 1 heterocycles. The van der Waals surface area contributed by atoms with E-state index in [1.165, 1.54) is 0 Å². The summed E-state index contributed by atoms with van der Waals surface area (Å²) in [7, 11) is -3.90. The lowest BCUT2D eigenvalue weighted by molar-refractivity contribution is -0.384. The van der Waals surface area contributed by atoms with Crippen LogP contribution >= 0.6 is 0 Å². The minimum atomic E-state index is -3.90. The molecule has 18 heavy (non-hydrogen) atoms. The monoisotopic (exact) mass is 273 g/mol. The number of hydrogen-bond acceptors (Lipinski definition) is 6. The Morgan fingerprint density at radius 1 is 1.44 bits per heavy atom.